The third-order valence-electron chi connectivity index (χ3n) is 2.84. The first-order valence-electron chi connectivity index (χ1n) is 7.27. The van der Waals surface area contributed by atoms with Crippen LogP contribution < -0.4 is 10.6 Å². The predicted molar refractivity (Wildman–Crippen MR) is 79.4 cm³/mol. The normalized spacial score (nSPS) is 11.7. The Hall–Kier alpha value is -1.80. The molecule has 0 aliphatic carbocycles. The summed E-state index contributed by atoms with van der Waals surface area (Å²) in [6.07, 6.45) is 3.84. The Morgan fingerprint density at radius 3 is 1.67 bits per heavy atom. The Morgan fingerprint density at radius 1 is 0.857 bits per heavy atom. The van der Waals surface area contributed by atoms with Gasteiger partial charge in [-0.25, -0.2) is 9.36 Å². The summed E-state index contributed by atoms with van der Waals surface area (Å²) < 4.78 is 3.51. The van der Waals surface area contributed by atoms with Gasteiger partial charge in [0.05, 0.1) is 23.8 Å². The van der Waals surface area contributed by atoms with Crippen molar-refractivity contribution in [2.45, 2.75) is 59.5 Å². The molecule has 0 aromatic carbocycles. The summed E-state index contributed by atoms with van der Waals surface area (Å²) in [4.78, 5) is 0. The fourth-order valence-corrected chi connectivity index (χ4v) is 1.74. The van der Waals surface area contributed by atoms with Gasteiger partial charge in [0.25, 0.3) is 0 Å². The molecule has 2 aromatic heterocycles. The molecule has 116 valence electrons. The lowest BCUT2D eigenvalue weighted by atomic mass is 10.3. The highest BCUT2D eigenvalue weighted by Gasteiger charge is 2.05. The van der Waals surface area contributed by atoms with E-state index in [9.17, 15) is 0 Å². The van der Waals surface area contributed by atoms with Gasteiger partial charge in [-0.1, -0.05) is 38.1 Å². The summed E-state index contributed by atoms with van der Waals surface area (Å²) in [5, 5.41) is 23.1. The van der Waals surface area contributed by atoms with Crippen LogP contribution in [0.3, 0.4) is 0 Å². The van der Waals surface area contributed by atoms with Crippen LogP contribution in [0.4, 0.5) is 0 Å². The van der Waals surface area contributed by atoms with Crippen molar-refractivity contribution in [2.24, 2.45) is 0 Å². The van der Waals surface area contributed by atoms with E-state index in [0.717, 1.165) is 24.5 Å². The summed E-state index contributed by atoms with van der Waals surface area (Å²) in [6, 6.07) is 0.864. The molecule has 0 amide bonds. The maximum Gasteiger partial charge on any atom is 0.136 e. The van der Waals surface area contributed by atoms with Crippen molar-refractivity contribution in [3.8, 4) is 0 Å². The van der Waals surface area contributed by atoms with E-state index >= 15 is 0 Å². The van der Waals surface area contributed by atoms with Gasteiger partial charge in [0, 0.05) is 25.2 Å². The standard InChI is InChI=1S/C13H24N8/c1-10(2)14-5-12-7-20(18-16-12)9-21-8-13(17-19-21)6-15-11(3)4/h7-8,10-11,14-15H,5-6,9H2,1-4H3. The monoisotopic (exact) mass is 292 g/mol. The quantitative estimate of drug-likeness (QED) is 0.731. The maximum absolute atomic E-state index is 4.13. The lowest BCUT2D eigenvalue weighted by Crippen LogP contribution is -2.22. The van der Waals surface area contributed by atoms with Gasteiger partial charge < -0.3 is 10.6 Å². The molecule has 21 heavy (non-hydrogen) atoms. The van der Waals surface area contributed by atoms with Crippen LogP contribution in [-0.4, -0.2) is 42.1 Å². The minimum absolute atomic E-state index is 0.432. The molecule has 0 saturated carbocycles. The molecule has 8 nitrogen and oxygen atoms in total. The van der Waals surface area contributed by atoms with Crippen LogP contribution in [0.2, 0.25) is 0 Å². The third kappa shape index (κ3) is 5.24. The average molecular weight is 292 g/mol. The van der Waals surface area contributed by atoms with Gasteiger partial charge in [0.2, 0.25) is 0 Å². The zero-order valence-corrected chi connectivity index (χ0v) is 13.1. The van der Waals surface area contributed by atoms with E-state index in [1.165, 1.54) is 0 Å². The van der Waals surface area contributed by atoms with E-state index in [1.807, 2.05) is 12.4 Å². The maximum atomic E-state index is 4.13. The Bertz CT molecular complexity index is 494. The second-order valence-corrected chi connectivity index (χ2v) is 5.71. The number of nitrogens with zero attached hydrogens (tertiary/aromatic N) is 6. The fraction of sp³-hybridized carbons (Fsp3) is 0.692. The summed E-state index contributed by atoms with van der Waals surface area (Å²) in [6.45, 7) is 10.4. The lowest BCUT2D eigenvalue weighted by molar-refractivity contribution is 0.478. The molecule has 2 N–H and O–H groups in total. The van der Waals surface area contributed by atoms with Gasteiger partial charge in [-0.05, 0) is 0 Å². The molecular formula is C13H24N8. The number of hydrogen-bond acceptors (Lipinski definition) is 6. The highest BCUT2D eigenvalue weighted by Crippen LogP contribution is 1.97. The van der Waals surface area contributed by atoms with Crippen molar-refractivity contribution in [1.82, 2.24) is 40.6 Å². The summed E-state index contributed by atoms with van der Waals surface area (Å²) in [5.74, 6) is 0. The highest BCUT2D eigenvalue weighted by molar-refractivity contribution is 4.94. The molecule has 0 aliphatic heterocycles. The minimum Gasteiger partial charge on any atom is -0.309 e. The fourth-order valence-electron chi connectivity index (χ4n) is 1.74. The highest BCUT2D eigenvalue weighted by atomic mass is 15.5. The van der Waals surface area contributed by atoms with Crippen LogP contribution in [-0.2, 0) is 19.8 Å². The first kappa shape index (κ1) is 15.6. The number of aromatic nitrogens is 6. The summed E-state index contributed by atoms with van der Waals surface area (Å²) >= 11 is 0. The number of nitrogens with one attached hydrogen (secondary N) is 2. The number of rotatable bonds is 8. The smallest absolute Gasteiger partial charge is 0.136 e. The van der Waals surface area contributed by atoms with Gasteiger partial charge in [-0.3, -0.25) is 0 Å². The topological polar surface area (TPSA) is 85.5 Å². The summed E-state index contributed by atoms with van der Waals surface area (Å²) in [7, 11) is 0. The molecule has 0 bridgehead atoms. The van der Waals surface area contributed by atoms with Crippen LogP contribution in [0.1, 0.15) is 39.1 Å². The van der Waals surface area contributed by atoms with E-state index in [2.05, 4.69) is 59.0 Å². The Labute approximate surface area is 124 Å². The lowest BCUT2D eigenvalue weighted by Gasteiger charge is -2.04. The molecule has 0 atom stereocenters. The molecule has 0 fully saturated rings. The molecule has 2 aromatic rings. The van der Waals surface area contributed by atoms with Gasteiger partial charge in [0.15, 0.2) is 0 Å². The third-order valence-corrected chi connectivity index (χ3v) is 2.84. The molecule has 0 radical (unpaired) electrons. The Balaban J connectivity index is 1.87. The van der Waals surface area contributed by atoms with Crippen LogP contribution in [0.15, 0.2) is 12.4 Å². The molecule has 2 rings (SSSR count). The predicted octanol–water partition coefficient (Wildman–Crippen LogP) is 0.371. The van der Waals surface area contributed by atoms with E-state index in [4.69, 9.17) is 0 Å². The van der Waals surface area contributed by atoms with Crippen molar-refractivity contribution < 1.29 is 0 Å². The van der Waals surface area contributed by atoms with Crippen molar-refractivity contribution in [1.29, 1.82) is 0 Å². The number of hydrogen-bond donors (Lipinski definition) is 2. The molecule has 0 unspecified atom stereocenters. The average Bonchev–Trinajstić information content (AvgIpc) is 3.04. The van der Waals surface area contributed by atoms with E-state index in [1.54, 1.807) is 9.36 Å². The summed E-state index contributed by atoms with van der Waals surface area (Å²) in [5.41, 5.74) is 1.84. The van der Waals surface area contributed by atoms with E-state index < -0.39 is 0 Å². The van der Waals surface area contributed by atoms with Crippen LogP contribution in [0.5, 0.6) is 0 Å². The van der Waals surface area contributed by atoms with Gasteiger partial charge >= 0.3 is 0 Å². The van der Waals surface area contributed by atoms with Gasteiger partial charge in [0.1, 0.15) is 6.67 Å². The molecule has 0 saturated heterocycles. The SMILES string of the molecule is CC(C)NCc1cn(Cn2cc(CNC(C)C)nn2)nn1. The Kier molecular flexibility index (Phi) is 5.40. The molecule has 2 heterocycles. The van der Waals surface area contributed by atoms with Gasteiger partial charge in [-0.15, -0.1) is 10.2 Å². The molecule has 0 spiro atoms. The van der Waals surface area contributed by atoms with E-state index in [-0.39, 0.29) is 0 Å². The molecule has 8 heteroatoms. The van der Waals surface area contributed by atoms with Gasteiger partial charge in [-0.2, -0.15) is 0 Å². The minimum atomic E-state index is 0.432. The first-order chi connectivity index (χ1) is 10.0. The second-order valence-electron chi connectivity index (χ2n) is 5.71. The van der Waals surface area contributed by atoms with Crippen molar-refractivity contribution in [3.63, 3.8) is 0 Å². The van der Waals surface area contributed by atoms with E-state index in [0.29, 0.717) is 18.8 Å². The zero-order chi connectivity index (χ0) is 15.2. The molecule has 0 aliphatic rings. The Morgan fingerprint density at radius 2 is 1.29 bits per heavy atom. The molecular weight excluding hydrogens is 268 g/mol. The first-order valence-corrected chi connectivity index (χ1v) is 7.27. The van der Waals surface area contributed by atoms with Crippen LogP contribution in [0, 0.1) is 0 Å². The van der Waals surface area contributed by atoms with Crippen molar-refractivity contribution in [3.05, 3.63) is 23.8 Å². The van der Waals surface area contributed by atoms with Crippen LogP contribution in [0.25, 0.3) is 0 Å². The second kappa shape index (κ2) is 7.28. The largest absolute Gasteiger partial charge is 0.309 e. The zero-order valence-electron chi connectivity index (χ0n) is 13.1. The van der Waals surface area contributed by atoms with Crippen molar-refractivity contribution >= 4 is 0 Å². The van der Waals surface area contributed by atoms with Crippen LogP contribution >= 0.6 is 0 Å². The van der Waals surface area contributed by atoms with Crippen molar-refractivity contribution in [2.75, 3.05) is 0 Å².